The first-order chi connectivity index (χ1) is 15.5. The van der Waals surface area contributed by atoms with Crippen molar-refractivity contribution in [2.75, 3.05) is 6.54 Å². The summed E-state index contributed by atoms with van der Waals surface area (Å²) in [6.07, 6.45) is -0.284. The summed E-state index contributed by atoms with van der Waals surface area (Å²) < 4.78 is 5.30. The van der Waals surface area contributed by atoms with Crippen LogP contribution in [-0.4, -0.2) is 52.4 Å². The summed E-state index contributed by atoms with van der Waals surface area (Å²) >= 11 is 1.59. The van der Waals surface area contributed by atoms with Gasteiger partial charge in [-0.2, -0.15) is 0 Å². The summed E-state index contributed by atoms with van der Waals surface area (Å²) in [6.45, 7) is 9.40. The second-order valence-electron chi connectivity index (χ2n) is 9.50. The maximum Gasteiger partial charge on any atom is 0.302 e. The zero-order valence-electron chi connectivity index (χ0n) is 19.8. The number of nitrogens with zero attached hydrogens (tertiary/aromatic N) is 2. The number of hydrogen-bond acceptors (Lipinski definition) is 7. The molecule has 2 heterocycles. The molecule has 178 valence electrons. The molecule has 2 aromatic rings. The molecule has 9 heteroatoms. The fourth-order valence-electron chi connectivity index (χ4n) is 3.82. The highest BCUT2D eigenvalue weighted by Gasteiger charge is 2.44. The smallest absolute Gasteiger partial charge is 0.302 e. The van der Waals surface area contributed by atoms with Crippen molar-refractivity contribution in [2.45, 2.75) is 65.8 Å². The molecule has 3 atom stereocenters. The van der Waals surface area contributed by atoms with Gasteiger partial charge in [0.2, 0.25) is 11.8 Å². The Morgan fingerprint density at radius 1 is 1.27 bits per heavy atom. The standard InChI is InChI=1S/C24H32N4O4S/c1-14-20(33-13-27-14)17-8-6-16(7-9-17)11-26-22(30)19-10-18(32-15(2)29)12-28(19)23(31)21(25)24(3,4)5/h6-9,13,18-19,21H,10-12,25H2,1-5H3,(H,26,30). The van der Waals surface area contributed by atoms with E-state index in [0.717, 1.165) is 21.7 Å². The van der Waals surface area contributed by atoms with Crippen molar-refractivity contribution in [2.24, 2.45) is 11.1 Å². The SMILES string of the molecule is CC(=O)OC1CC(C(=O)NCc2ccc(-c3scnc3C)cc2)N(C(=O)C(N)C(C)(C)C)C1. The molecule has 0 aliphatic carbocycles. The molecule has 0 bridgehead atoms. The third-order valence-corrected chi connectivity index (χ3v) is 6.79. The number of esters is 1. The van der Waals surface area contributed by atoms with Gasteiger partial charge in [0, 0.05) is 19.9 Å². The molecular formula is C24H32N4O4S. The number of benzene rings is 1. The van der Waals surface area contributed by atoms with Crippen molar-refractivity contribution in [3.8, 4) is 10.4 Å². The number of rotatable bonds is 6. The van der Waals surface area contributed by atoms with Gasteiger partial charge in [0.15, 0.2) is 0 Å². The monoisotopic (exact) mass is 472 g/mol. The van der Waals surface area contributed by atoms with E-state index in [9.17, 15) is 14.4 Å². The van der Waals surface area contributed by atoms with E-state index < -0.39 is 29.6 Å². The first-order valence-corrected chi connectivity index (χ1v) is 11.9. The van der Waals surface area contributed by atoms with Crippen LogP contribution in [0.15, 0.2) is 29.8 Å². The lowest BCUT2D eigenvalue weighted by Gasteiger charge is -2.32. The molecular weight excluding hydrogens is 440 g/mol. The van der Waals surface area contributed by atoms with Gasteiger partial charge in [0.25, 0.3) is 0 Å². The molecule has 2 amide bonds. The van der Waals surface area contributed by atoms with E-state index in [1.54, 1.807) is 11.3 Å². The van der Waals surface area contributed by atoms with E-state index in [2.05, 4.69) is 10.3 Å². The Labute approximate surface area is 198 Å². The number of amides is 2. The molecule has 0 saturated carbocycles. The van der Waals surface area contributed by atoms with Gasteiger partial charge in [0.1, 0.15) is 12.1 Å². The van der Waals surface area contributed by atoms with Crippen molar-refractivity contribution in [3.63, 3.8) is 0 Å². The number of carbonyl (C=O) groups excluding carboxylic acids is 3. The number of aromatic nitrogens is 1. The minimum Gasteiger partial charge on any atom is -0.461 e. The van der Waals surface area contributed by atoms with Crippen LogP contribution < -0.4 is 11.1 Å². The number of thiazole rings is 1. The summed E-state index contributed by atoms with van der Waals surface area (Å²) in [6, 6.07) is 6.42. The van der Waals surface area contributed by atoms with Gasteiger partial charge >= 0.3 is 5.97 Å². The lowest BCUT2D eigenvalue weighted by molar-refractivity contribution is -0.147. The van der Waals surface area contributed by atoms with Gasteiger partial charge in [0.05, 0.1) is 28.7 Å². The summed E-state index contributed by atoms with van der Waals surface area (Å²) in [4.78, 5) is 44.4. The van der Waals surface area contributed by atoms with E-state index >= 15 is 0 Å². The second-order valence-corrected chi connectivity index (χ2v) is 10.4. The van der Waals surface area contributed by atoms with E-state index in [-0.39, 0.29) is 24.8 Å². The summed E-state index contributed by atoms with van der Waals surface area (Å²) in [5.74, 6) is -1.05. The van der Waals surface area contributed by atoms with Crippen LogP contribution in [0.5, 0.6) is 0 Å². The Morgan fingerprint density at radius 3 is 2.48 bits per heavy atom. The summed E-state index contributed by atoms with van der Waals surface area (Å²) in [5.41, 5.74) is 10.5. The molecule has 1 aliphatic rings. The maximum atomic E-state index is 13.1. The average molecular weight is 473 g/mol. The number of carbonyl (C=O) groups is 3. The molecule has 0 radical (unpaired) electrons. The molecule has 1 aromatic heterocycles. The molecule has 1 aliphatic heterocycles. The zero-order valence-corrected chi connectivity index (χ0v) is 20.6. The van der Waals surface area contributed by atoms with E-state index in [1.807, 2.05) is 57.5 Å². The maximum absolute atomic E-state index is 13.1. The third-order valence-electron chi connectivity index (χ3n) is 5.81. The van der Waals surface area contributed by atoms with Crippen LogP contribution in [0.1, 0.15) is 45.4 Å². The first-order valence-electron chi connectivity index (χ1n) is 11.0. The van der Waals surface area contributed by atoms with Crippen molar-refractivity contribution in [1.82, 2.24) is 15.2 Å². The Balaban J connectivity index is 1.68. The number of hydrogen-bond donors (Lipinski definition) is 2. The second kappa shape index (κ2) is 10.0. The number of aryl methyl sites for hydroxylation is 1. The summed E-state index contributed by atoms with van der Waals surface area (Å²) in [7, 11) is 0. The Kier molecular flexibility index (Phi) is 7.54. The highest BCUT2D eigenvalue weighted by Crippen LogP contribution is 2.28. The molecule has 33 heavy (non-hydrogen) atoms. The van der Waals surface area contributed by atoms with Crippen molar-refractivity contribution >= 4 is 29.1 Å². The molecule has 1 aromatic carbocycles. The van der Waals surface area contributed by atoms with Crippen molar-refractivity contribution in [1.29, 1.82) is 0 Å². The Bertz CT molecular complexity index is 1010. The highest BCUT2D eigenvalue weighted by molar-refractivity contribution is 7.13. The molecule has 0 spiro atoms. The quantitative estimate of drug-likeness (QED) is 0.625. The molecule has 3 N–H and O–H groups in total. The van der Waals surface area contributed by atoms with E-state index in [0.29, 0.717) is 6.54 Å². The van der Waals surface area contributed by atoms with Crippen LogP contribution in [-0.2, 0) is 25.7 Å². The number of nitrogens with one attached hydrogen (secondary N) is 1. The van der Waals surface area contributed by atoms with Gasteiger partial charge in [-0.05, 0) is 23.5 Å². The lowest BCUT2D eigenvalue weighted by atomic mass is 9.86. The largest absolute Gasteiger partial charge is 0.461 e. The molecule has 1 saturated heterocycles. The topological polar surface area (TPSA) is 115 Å². The van der Waals surface area contributed by atoms with E-state index in [1.165, 1.54) is 11.8 Å². The van der Waals surface area contributed by atoms with Crippen LogP contribution in [0.3, 0.4) is 0 Å². The average Bonchev–Trinajstić information content (AvgIpc) is 3.36. The minimum absolute atomic E-state index is 0.156. The minimum atomic E-state index is -0.772. The third kappa shape index (κ3) is 5.97. The van der Waals surface area contributed by atoms with Crippen LogP contribution >= 0.6 is 11.3 Å². The molecule has 1 fully saturated rings. The van der Waals surface area contributed by atoms with Gasteiger partial charge in [-0.1, -0.05) is 45.0 Å². The first kappa shape index (κ1) is 24.9. The fourth-order valence-corrected chi connectivity index (χ4v) is 4.63. The van der Waals surface area contributed by atoms with Gasteiger partial charge < -0.3 is 20.7 Å². The lowest BCUT2D eigenvalue weighted by Crippen LogP contribution is -2.54. The van der Waals surface area contributed by atoms with Gasteiger partial charge in [-0.15, -0.1) is 11.3 Å². The predicted molar refractivity (Wildman–Crippen MR) is 127 cm³/mol. The van der Waals surface area contributed by atoms with Crippen LogP contribution in [0.25, 0.3) is 10.4 Å². The van der Waals surface area contributed by atoms with Crippen LogP contribution in [0.2, 0.25) is 0 Å². The van der Waals surface area contributed by atoms with Gasteiger partial charge in [-0.25, -0.2) is 4.98 Å². The number of likely N-dealkylation sites (tertiary alicyclic amines) is 1. The highest BCUT2D eigenvalue weighted by atomic mass is 32.1. The van der Waals surface area contributed by atoms with Crippen LogP contribution in [0.4, 0.5) is 0 Å². The molecule has 3 unspecified atom stereocenters. The predicted octanol–water partition coefficient (Wildman–Crippen LogP) is 2.64. The normalized spacial score (nSPS) is 19.3. The fraction of sp³-hybridized carbons (Fsp3) is 0.500. The van der Waals surface area contributed by atoms with E-state index in [4.69, 9.17) is 10.5 Å². The zero-order chi connectivity index (χ0) is 24.3. The van der Waals surface area contributed by atoms with Gasteiger partial charge in [-0.3, -0.25) is 14.4 Å². The van der Waals surface area contributed by atoms with Crippen molar-refractivity contribution < 1.29 is 19.1 Å². The summed E-state index contributed by atoms with van der Waals surface area (Å²) in [5, 5.41) is 2.92. The molecule has 8 nitrogen and oxygen atoms in total. The number of nitrogens with two attached hydrogens (primary N) is 1. The van der Waals surface area contributed by atoms with Crippen LogP contribution in [0, 0.1) is 12.3 Å². The van der Waals surface area contributed by atoms with Crippen molar-refractivity contribution in [3.05, 3.63) is 41.0 Å². The molecule has 3 rings (SSSR count). The Hall–Kier alpha value is -2.78. The Morgan fingerprint density at radius 2 is 1.94 bits per heavy atom. The number of ether oxygens (including phenoxy) is 1.